The van der Waals surface area contributed by atoms with Crippen LogP contribution in [0.3, 0.4) is 0 Å². The molecular formula is C16H22FN3. The topological polar surface area (TPSA) is 47.9 Å². The zero-order chi connectivity index (χ0) is 14.1. The van der Waals surface area contributed by atoms with E-state index >= 15 is 0 Å². The summed E-state index contributed by atoms with van der Waals surface area (Å²) in [6.45, 7) is 0. The molecule has 0 saturated heterocycles. The number of hydrogen-bond acceptors (Lipinski definition) is 3. The van der Waals surface area contributed by atoms with E-state index in [4.69, 9.17) is 5.41 Å². The Bertz CT molecular complexity index is 496. The number of likely N-dealkylation sites (N-methyl/N-ethyl adjacent to an activating group) is 1. The minimum Gasteiger partial charge on any atom is -0.388 e. The highest BCUT2D eigenvalue weighted by Crippen LogP contribution is 2.38. The third-order valence-corrected chi connectivity index (χ3v) is 4.17. The summed E-state index contributed by atoms with van der Waals surface area (Å²) in [6.07, 6.45) is 10.8. The van der Waals surface area contributed by atoms with Gasteiger partial charge in [0.25, 0.3) is 0 Å². The van der Waals surface area contributed by atoms with Crippen LogP contribution in [0.1, 0.15) is 32.1 Å². The molecule has 3 N–H and O–H groups in total. The molecule has 1 unspecified atom stereocenters. The van der Waals surface area contributed by atoms with Gasteiger partial charge in [-0.2, -0.15) is 0 Å². The molecule has 2 fully saturated rings. The largest absolute Gasteiger partial charge is 0.388 e. The Morgan fingerprint density at radius 1 is 1.30 bits per heavy atom. The number of hydrogen-bond donors (Lipinski definition) is 3. The number of nitrogens with one attached hydrogen (secondary N) is 3. The SMILES string of the molecule is CNC1=CCC(N/C(=C\C(=N)C2CC2)C2CC2)C(F)=C1. The van der Waals surface area contributed by atoms with Gasteiger partial charge in [-0.25, -0.2) is 4.39 Å². The summed E-state index contributed by atoms with van der Waals surface area (Å²) in [5, 5.41) is 14.3. The second-order valence-corrected chi connectivity index (χ2v) is 5.97. The zero-order valence-electron chi connectivity index (χ0n) is 11.9. The summed E-state index contributed by atoms with van der Waals surface area (Å²) in [4.78, 5) is 0. The van der Waals surface area contributed by atoms with Crippen molar-refractivity contribution >= 4 is 5.71 Å². The Morgan fingerprint density at radius 2 is 2.00 bits per heavy atom. The first-order valence-corrected chi connectivity index (χ1v) is 7.49. The van der Waals surface area contributed by atoms with E-state index in [0.717, 1.165) is 37.1 Å². The van der Waals surface area contributed by atoms with E-state index in [-0.39, 0.29) is 11.9 Å². The van der Waals surface area contributed by atoms with Gasteiger partial charge in [-0.15, -0.1) is 0 Å². The van der Waals surface area contributed by atoms with Crippen molar-refractivity contribution in [3.8, 4) is 0 Å². The zero-order valence-corrected chi connectivity index (χ0v) is 11.9. The Labute approximate surface area is 119 Å². The van der Waals surface area contributed by atoms with Gasteiger partial charge in [0.1, 0.15) is 5.83 Å². The lowest BCUT2D eigenvalue weighted by Gasteiger charge is -2.23. The lowest BCUT2D eigenvalue weighted by molar-refractivity contribution is 0.479. The van der Waals surface area contributed by atoms with Crippen LogP contribution in [0.2, 0.25) is 0 Å². The van der Waals surface area contributed by atoms with Crippen molar-refractivity contribution in [1.82, 2.24) is 10.6 Å². The van der Waals surface area contributed by atoms with E-state index in [0.29, 0.717) is 24.0 Å². The summed E-state index contributed by atoms with van der Waals surface area (Å²) in [5.41, 5.74) is 2.62. The minimum atomic E-state index is -0.272. The van der Waals surface area contributed by atoms with Crippen molar-refractivity contribution in [2.75, 3.05) is 7.05 Å². The van der Waals surface area contributed by atoms with Gasteiger partial charge in [-0.3, -0.25) is 0 Å². The van der Waals surface area contributed by atoms with Gasteiger partial charge >= 0.3 is 0 Å². The van der Waals surface area contributed by atoms with Crippen LogP contribution in [0, 0.1) is 17.2 Å². The van der Waals surface area contributed by atoms with Gasteiger partial charge in [0.15, 0.2) is 0 Å². The van der Waals surface area contributed by atoms with Crippen molar-refractivity contribution in [1.29, 1.82) is 5.41 Å². The van der Waals surface area contributed by atoms with Crippen LogP contribution in [-0.2, 0) is 0 Å². The summed E-state index contributed by atoms with van der Waals surface area (Å²) in [5.74, 6) is 0.839. The Kier molecular flexibility index (Phi) is 3.64. The first kappa shape index (κ1) is 13.4. The number of halogens is 1. The van der Waals surface area contributed by atoms with Crippen molar-refractivity contribution in [2.45, 2.75) is 38.1 Å². The maximum Gasteiger partial charge on any atom is 0.124 e. The minimum absolute atomic E-state index is 0.124. The van der Waals surface area contributed by atoms with Crippen molar-refractivity contribution in [2.24, 2.45) is 11.8 Å². The fraction of sp³-hybridized carbons (Fsp3) is 0.562. The second-order valence-electron chi connectivity index (χ2n) is 5.97. The summed E-state index contributed by atoms with van der Waals surface area (Å²) in [7, 11) is 1.80. The lowest BCUT2D eigenvalue weighted by Crippen LogP contribution is -2.32. The van der Waals surface area contributed by atoms with Crippen molar-refractivity contribution in [3.63, 3.8) is 0 Å². The van der Waals surface area contributed by atoms with Crippen LogP contribution >= 0.6 is 0 Å². The predicted molar refractivity (Wildman–Crippen MR) is 79.1 cm³/mol. The maximum absolute atomic E-state index is 14.1. The summed E-state index contributed by atoms with van der Waals surface area (Å²) in [6, 6.07) is -0.272. The molecule has 0 radical (unpaired) electrons. The fourth-order valence-corrected chi connectivity index (χ4v) is 2.52. The molecule has 0 heterocycles. The van der Waals surface area contributed by atoms with Crippen molar-refractivity contribution in [3.05, 3.63) is 35.4 Å². The fourth-order valence-electron chi connectivity index (χ4n) is 2.52. The van der Waals surface area contributed by atoms with Crippen LogP contribution in [0.15, 0.2) is 35.4 Å². The predicted octanol–water partition coefficient (Wildman–Crippen LogP) is 3.03. The highest BCUT2D eigenvalue weighted by atomic mass is 19.1. The molecule has 3 aliphatic carbocycles. The van der Waals surface area contributed by atoms with Gasteiger partial charge in [0.05, 0.1) is 6.04 Å². The highest BCUT2D eigenvalue weighted by molar-refractivity contribution is 5.96. The molecule has 0 amide bonds. The molecule has 1 atom stereocenters. The van der Waals surface area contributed by atoms with Crippen molar-refractivity contribution < 1.29 is 4.39 Å². The van der Waals surface area contributed by atoms with E-state index in [1.165, 1.54) is 0 Å². The molecule has 3 nitrogen and oxygen atoms in total. The Hall–Kier alpha value is -1.58. The quantitative estimate of drug-likeness (QED) is 0.653. The lowest BCUT2D eigenvalue weighted by atomic mass is 10.0. The molecule has 2 saturated carbocycles. The normalized spacial score (nSPS) is 26.7. The molecule has 108 valence electrons. The first-order chi connectivity index (χ1) is 9.67. The molecule has 0 spiro atoms. The van der Waals surface area contributed by atoms with Crippen LogP contribution in [0.25, 0.3) is 0 Å². The smallest absolute Gasteiger partial charge is 0.124 e. The molecular weight excluding hydrogens is 253 g/mol. The molecule has 0 aromatic heterocycles. The van der Waals surface area contributed by atoms with Crippen LogP contribution in [-0.4, -0.2) is 18.8 Å². The number of rotatable bonds is 6. The molecule has 3 rings (SSSR count). The van der Waals surface area contributed by atoms with E-state index in [1.54, 1.807) is 13.1 Å². The summed E-state index contributed by atoms with van der Waals surface area (Å²) >= 11 is 0. The summed E-state index contributed by atoms with van der Waals surface area (Å²) < 4.78 is 14.1. The second kappa shape index (κ2) is 5.43. The molecule has 4 heteroatoms. The van der Waals surface area contributed by atoms with E-state index in [1.807, 2.05) is 12.2 Å². The Balaban J connectivity index is 1.67. The van der Waals surface area contributed by atoms with Gasteiger partial charge in [0, 0.05) is 30.1 Å². The molecule has 0 bridgehead atoms. The van der Waals surface area contributed by atoms with Crippen LogP contribution in [0.5, 0.6) is 0 Å². The molecule has 0 aromatic carbocycles. The average molecular weight is 275 g/mol. The van der Waals surface area contributed by atoms with Crippen LogP contribution in [0.4, 0.5) is 4.39 Å². The van der Waals surface area contributed by atoms with Gasteiger partial charge in [-0.05, 0) is 50.2 Å². The molecule has 0 aromatic rings. The third-order valence-electron chi connectivity index (χ3n) is 4.17. The molecule has 0 aliphatic heterocycles. The highest BCUT2D eigenvalue weighted by Gasteiger charge is 2.31. The van der Waals surface area contributed by atoms with Gasteiger partial charge in [-0.1, -0.05) is 6.08 Å². The maximum atomic E-state index is 14.1. The number of allylic oxidation sites excluding steroid dienone is 3. The first-order valence-electron chi connectivity index (χ1n) is 7.49. The van der Waals surface area contributed by atoms with E-state index in [9.17, 15) is 4.39 Å². The van der Waals surface area contributed by atoms with E-state index < -0.39 is 0 Å². The van der Waals surface area contributed by atoms with Crippen LogP contribution < -0.4 is 10.6 Å². The molecule has 20 heavy (non-hydrogen) atoms. The standard InChI is InChI=1S/C16H22FN3/c1-19-12-6-7-15(13(17)8-12)20-16(11-4-5-11)9-14(18)10-2-3-10/h6,8-11,15,18-20H,2-5,7H2,1H3/b16-9-,18-14?. The molecule has 3 aliphatic rings. The van der Waals surface area contributed by atoms with E-state index in [2.05, 4.69) is 10.6 Å². The van der Waals surface area contributed by atoms with Gasteiger partial charge in [0.2, 0.25) is 0 Å². The average Bonchev–Trinajstić information content (AvgIpc) is 3.31. The Morgan fingerprint density at radius 3 is 2.55 bits per heavy atom. The third kappa shape index (κ3) is 3.11. The monoisotopic (exact) mass is 275 g/mol. The van der Waals surface area contributed by atoms with Gasteiger partial charge < -0.3 is 16.0 Å².